The Bertz CT molecular complexity index is 1080. The average molecular weight is 333 g/mol. The van der Waals surface area contributed by atoms with Gasteiger partial charge in [-0.25, -0.2) is 0 Å². The van der Waals surface area contributed by atoms with Gasteiger partial charge in [0.2, 0.25) is 5.82 Å². The van der Waals surface area contributed by atoms with E-state index in [0.717, 1.165) is 11.1 Å². The number of benzene rings is 2. The molecule has 0 atom stereocenters. The van der Waals surface area contributed by atoms with Gasteiger partial charge in [-0.05, 0) is 29.7 Å². The van der Waals surface area contributed by atoms with Crippen LogP contribution in [0.2, 0.25) is 0 Å². The lowest BCUT2D eigenvalue weighted by molar-refractivity contribution is 0.287. The Morgan fingerprint density at radius 3 is 2.68 bits per heavy atom. The molecule has 2 aromatic carbocycles. The average Bonchev–Trinajstić information content (AvgIpc) is 3.13. The molecular formula is C19H15N3O3. The molecule has 2 heterocycles. The molecule has 6 nitrogen and oxygen atoms in total. The van der Waals surface area contributed by atoms with Crippen LogP contribution in [-0.2, 0) is 13.7 Å². The van der Waals surface area contributed by atoms with Gasteiger partial charge in [0.15, 0.2) is 6.61 Å². The van der Waals surface area contributed by atoms with Gasteiger partial charge >= 0.3 is 0 Å². The van der Waals surface area contributed by atoms with Gasteiger partial charge in [-0.2, -0.15) is 4.98 Å². The summed E-state index contributed by atoms with van der Waals surface area (Å²) in [4.78, 5) is 16.8. The minimum Gasteiger partial charge on any atom is -0.485 e. The van der Waals surface area contributed by atoms with Crippen molar-refractivity contribution in [1.29, 1.82) is 0 Å². The largest absolute Gasteiger partial charge is 0.485 e. The Hall–Kier alpha value is -3.41. The van der Waals surface area contributed by atoms with Crippen LogP contribution < -0.4 is 10.3 Å². The zero-order valence-electron chi connectivity index (χ0n) is 13.5. The van der Waals surface area contributed by atoms with E-state index in [0.29, 0.717) is 16.9 Å². The van der Waals surface area contributed by atoms with E-state index in [4.69, 9.17) is 9.26 Å². The van der Waals surface area contributed by atoms with Crippen LogP contribution >= 0.6 is 0 Å². The van der Waals surface area contributed by atoms with Crippen LogP contribution in [0.5, 0.6) is 5.75 Å². The molecule has 0 bridgehead atoms. The predicted molar refractivity (Wildman–Crippen MR) is 93.3 cm³/mol. The third kappa shape index (κ3) is 2.89. The highest BCUT2D eigenvalue weighted by atomic mass is 16.5. The maximum absolute atomic E-state index is 12.5. The standard InChI is InChI=1S/C19H15N3O3/c1-22-16(11-13-7-5-6-10-15(13)19(22)23)18-20-17(21-25-18)12-24-14-8-3-2-4-9-14/h2-11H,12H2,1H3. The summed E-state index contributed by atoms with van der Waals surface area (Å²) < 4.78 is 12.4. The first kappa shape index (κ1) is 15.1. The van der Waals surface area contributed by atoms with Crippen molar-refractivity contribution in [1.82, 2.24) is 14.7 Å². The van der Waals surface area contributed by atoms with Crippen LogP contribution in [0.25, 0.3) is 22.4 Å². The minimum absolute atomic E-state index is 0.103. The number of aromatic nitrogens is 3. The van der Waals surface area contributed by atoms with Crippen LogP contribution in [-0.4, -0.2) is 14.7 Å². The zero-order valence-corrected chi connectivity index (χ0v) is 13.5. The van der Waals surface area contributed by atoms with Crippen molar-refractivity contribution in [2.24, 2.45) is 7.05 Å². The molecule has 4 aromatic rings. The normalized spacial score (nSPS) is 10.9. The highest BCUT2D eigenvalue weighted by molar-refractivity contribution is 5.84. The van der Waals surface area contributed by atoms with Crippen LogP contribution in [0.4, 0.5) is 0 Å². The van der Waals surface area contributed by atoms with Crippen LogP contribution in [0.1, 0.15) is 5.82 Å². The first-order chi connectivity index (χ1) is 12.2. The summed E-state index contributed by atoms with van der Waals surface area (Å²) in [5.74, 6) is 1.43. The smallest absolute Gasteiger partial charge is 0.274 e. The number of para-hydroxylation sites is 1. The van der Waals surface area contributed by atoms with E-state index in [1.807, 2.05) is 54.6 Å². The van der Waals surface area contributed by atoms with E-state index >= 15 is 0 Å². The van der Waals surface area contributed by atoms with Crippen molar-refractivity contribution >= 4 is 10.8 Å². The van der Waals surface area contributed by atoms with Crippen molar-refractivity contribution in [3.63, 3.8) is 0 Å². The molecule has 0 saturated heterocycles. The fourth-order valence-electron chi connectivity index (χ4n) is 2.64. The molecule has 0 unspecified atom stereocenters. The maximum atomic E-state index is 12.5. The quantitative estimate of drug-likeness (QED) is 0.574. The van der Waals surface area contributed by atoms with E-state index < -0.39 is 0 Å². The zero-order chi connectivity index (χ0) is 17.2. The molecule has 0 aliphatic heterocycles. The summed E-state index contributed by atoms with van der Waals surface area (Å²) in [6.07, 6.45) is 0. The highest BCUT2D eigenvalue weighted by Crippen LogP contribution is 2.20. The third-order valence-corrected chi connectivity index (χ3v) is 3.95. The number of nitrogens with zero attached hydrogens (tertiary/aromatic N) is 3. The second-order valence-electron chi connectivity index (χ2n) is 5.60. The number of pyridine rings is 1. The topological polar surface area (TPSA) is 70.2 Å². The van der Waals surface area contributed by atoms with Crippen LogP contribution in [0.15, 0.2) is 70.0 Å². The first-order valence-electron chi connectivity index (χ1n) is 7.82. The number of hydrogen-bond acceptors (Lipinski definition) is 5. The second-order valence-corrected chi connectivity index (χ2v) is 5.60. The fraction of sp³-hybridized carbons (Fsp3) is 0.105. The predicted octanol–water partition coefficient (Wildman–Crippen LogP) is 3.17. The SMILES string of the molecule is Cn1c(-c2nc(COc3ccccc3)no2)cc2ccccc2c1=O. The maximum Gasteiger partial charge on any atom is 0.274 e. The number of ether oxygens (including phenoxy) is 1. The Morgan fingerprint density at radius 1 is 1.08 bits per heavy atom. The number of hydrogen-bond donors (Lipinski definition) is 0. The van der Waals surface area contributed by atoms with Gasteiger partial charge in [0.25, 0.3) is 11.4 Å². The first-order valence-corrected chi connectivity index (χ1v) is 7.82. The van der Waals surface area contributed by atoms with Crippen molar-refractivity contribution in [3.05, 3.63) is 76.8 Å². The molecule has 4 rings (SSSR count). The molecule has 0 spiro atoms. The van der Waals surface area contributed by atoms with Gasteiger partial charge in [0.1, 0.15) is 11.4 Å². The summed E-state index contributed by atoms with van der Waals surface area (Å²) in [7, 11) is 1.69. The molecular weight excluding hydrogens is 318 g/mol. The van der Waals surface area contributed by atoms with E-state index in [1.54, 1.807) is 13.1 Å². The summed E-state index contributed by atoms with van der Waals surface area (Å²) in [6.45, 7) is 0.190. The molecule has 124 valence electrons. The van der Waals surface area contributed by atoms with Crippen LogP contribution in [0, 0.1) is 0 Å². The Balaban J connectivity index is 1.65. The highest BCUT2D eigenvalue weighted by Gasteiger charge is 2.14. The van der Waals surface area contributed by atoms with Gasteiger partial charge in [0.05, 0.1) is 0 Å². The number of rotatable bonds is 4. The Kier molecular flexibility index (Phi) is 3.78. The van der Waals surface area contributed by atoms with Crippen molar-refractivity contribution in [3.8, 4) is 17.3 Å². The molecule has 2 aromatic heterocycles. The van der Waals surface area contributed by atoms with Crippen molar-refractivity contribution in [2.45, 2.75) is 6.61 Å². The van der Waals surface area contributed by atoms with E-state index in [-0.39, 0.29) is 18.1 Å². The second kappa shape index (κ2) is 6.24. The van der Waals surface area contributed by atoms with Gasteiger partial charge < -0.3 is 13.8 Å². The fourth-order valence-corrected chi connectivity index (χ4v) is 2.64. The molecule has 0 radical (unpaired) electrons. The summed E-state index contributed by atoms with van der Waals surface area (Å²) in [5, 5.41) is 5.42. The summed E-state index contributed by atoms with van der Waals surface area (Å²) in [5.41, 5.74) is 0.468. The van der Waals surface area contributed by atoms with Crippen molar-refractivity contribution < 1.29 is 9.26 Å². The Labute approximate surface area is 143 Å². The van der Waals surface area contributed by atoms with Gasteiger partial charge in [-0.3, -0.25) is 4.79 Å². The van der Waals surface area contributed by atoms with E-state index in [1.165, 1.54) is 4.57 Å². The molecule has 0 fully saturated rings. The molecule has 0 N–H and O–H groups in total. The summed E-state index contributed by atoms with van der Waals surface area (Å²) >= 11 is 0. The monoisotopic (exact) mass is 333 g/mol. The van der Waals surface area contributed by atoms with Gasteiger partial charge in [-0.15, -0.1) is 0 Å². The molecule has 0 amide bonds. The molecule has 0 aliphatic carbocycles. The Morgan fingerprint density at radius 2 is 1.84 bits per heavy atom. The van der Waals surface area contributed by atoms with Gasteiger partial charge in [0, 0.05) is 12.4 Å². The third-order valence-electron chi connectivity index (χ3n) is 3.95. The van der Waals surface area contributed by atoms with Crippen molar-refractivity contribution in [2.75, 3.05) is 0 Å². The molecule has 0 aliphatic rings. The van der Waals surface area contributed by atoms with E-state index in [2.05, 4.69) is 10.1 Å². The van der Waals surface area contributed by atoms with Gasteiger partial charge in [-0.1, -0.05) is 41.6 Å². The van der Waals surface area contributed by atoms with Crippen LogP contribution in [0.3, 0.4) is 0 Å². The molecule has 6 heteroatoms. The summed E-state index contributed by atoms with van der Waals surface area (Å²) in [6, 6.07) is 18.7. The van der Waals surface area contributed by atoms with E-state index in [9.17, 15) is 4.79 Å². The lowest BCUT2D eigenvalue weighted by Crippen LogP contribution is -2.18. The molecule has 0 saturated carbocycles. The number of fused-ring (bicyclic) bond motifs is 1. The lowest BCUT2D eigenvalue weighted by atomic mass is 10.1. The molecule has 25 heavy (non-hydrogen) atoms. The minimum atomic E-state index is -0.103. The lowest BCUT2D eigenvalue weighted by Gasteiger charge is -2.06.